The summed E-state index contributed by atoms with van der Waals surface area (Å²) in [4.78, 5) is 0. The van der Waals surface area contributed by atoms with Gasteiger partial charge in [0.1, 0.15) is 0 Å². The van der Waals surface area contributed by atoms with Gasteiger partial charge in [-0.05, 0) is 49.5 Å². The maximum atomic E-state index is 3.63. The molecule has 1 nitrogen and oxygen atoms in total. The Bertz CT molecular complexity index is 226. The Balaban J connectivity index is 1.63. The molecule has 0 aromatic rings. The summed E-state index contributed by atoms with van der Waals surface area (Å²) in [5, 5.41) is 3.63. The molecular weight excluding hydrogens is 218 g/mol. The lowest BCUT2D eigenvalue weighted by molar-refractivity contribution is 0.223. The molecule has 2 rings (SSSR count). The van der Waals surface area contributed by atoms with Crippen molar-refractivity contribution in [3.8, 4) is 0 Å². The Morgan fingerprint density at radius 2 is 1.61 bits per heavy atom. The third kappa shape index (κ3) is 3.98. The molecule has 0 aliphatic heterocycles. The Hall–Kier alpha value is -0.0400. The molecule has 0 heterocycles. The van der Waals surface area contributed by atoms with Crippen molar-refractivity contribution in [2.24, 2.45) is 17.3 Å². The van der Waals surface area contributed by atoms with E-state index in [0.29, 0.717) is 5.41 Å². The molecule has 2 saturated carbocycles. The number of hydrogen-bond acceptors (Lipinski definition) is 1. The zero-order valence-corrected chi connectivity index (χ0v) is 12.6. The van der Waals surface area contributed by atoms with Crippen molar-refractivity contribution in [3.05, 3.63) is 0 Å². The van der Waals surface area contributed by atoms with E-state index in [1.54, 1.807) is 19.3 Å². The lowest BCUT2D eigenvalue weighted by Crippen LogP contribution is -2.33. The van der Waals surface area contributed by atoms with Crippen LogP contribution in [0.15, 0.2) is 0 Å². The molecular formula is C17H33N. The third-order valence-corrected chi connectivity index (χ3v) is 5.27. The number of fused-ring (bicyclic) bond motifs is 1. The van der Waals surface area contributed by atoms with E-state index >= 15 is 0 Å². The maximum Gasteiger partial charge on any atom is 0.000790 e. The first-order valence-electron chi connectivity index (χ1n) is 8.50. The van der Waals surface area contributed by atoms with Crippen LogP contribution in [0.3, 0.4) is 0 Å². The molecule has 2 aliphatic rings. The lowest BCUT2D eigenvalue weighted by atomic mass is 9.78. The highest BCUT2D eigenvalue weighted by molar-refractivity contribution is 5.03. The molecule has 2 fully saturated rings. The first-order chi connectivity index (χ1) is 8.79. The molecule has 18 heavy (non-hydrogen) atoms. The minimum atomic E-state index is 0.703. The van der Waals surface area contributed by atoms with Crippen molar-refractivity contribution in [2.75, 3.05) is 13.1 Å². The second-order valence-corrected chi connectivity index (χ2v) is 6.96. The highest BCUT2D eigenvalue weighted by Gasteiger charge is 2.52. The molecule has 0 radical (unpaired) electrons. The van der Waals surface area contributed by atoms with Crippen molar-refractivity contribution in [2.45, 2.75) is 78.1 Å². The zero-order valence-electron chi connectivity index (χ0n) is 12.6. The van der Waals surface area contributed by atoms with Gasteiger partial charge in [-0.3, -0.25) is 0 Å². The van der Waals surface area contributed by atoms with Gasteiger partial charge >= 0.3 is 0 Å². The fraction of sp³-hybridized carbons (Fsp3) is 1.00. The van der Waals surface area contributed by atoms with Crippen molar-refractivity contribution in [1.29, 1.82) is 0 Å². The van der Waals surface area contributed by atoms with Crippen LogP contribution in [0.5, 0.6) is 0 Å². The first-order valence-corrected chi connectivity index (χ1v) is 8.50. The van der Waals surface area contributed by atoms with Gasteiger partial charge in [0.15, 0.2) is 0 Å². The van der Waals surface area contributed by atoms with Gasteiger partial charge in [0.2, 0.25) is 0 Å². The summed E-state index contributed by atoms with van der Waals surface area (Å²) >= 11 is 0. The molecule has 2 aliphatic carbocycles. The van der Waals surface area contributed by atoms with Crippen molar-refractivity contribution in [3.63, 3.8) is 0 Å². The number of rotatable bonds is 10. The Morgan fingerprint density at radius 3 is 2.28 bits per heavy atom. The van der Waals surface area contributed by atoms with E-state index in [2.05, 4.69) is 19.2 Å². The molecule has 0 spiro atoms. The average molecular weight is 251 g/mol. The Labute approximate surface area is 114 Å². The van der Waals surface area contributed by atoms with Crippen LogP contribution in [0.2, 0.25) is 0 Å². The van der Waals surface area contributed by atoms with Crippen LogP contribution in [-0.4, -0.2) is 13.1 Å². The van der Waals surface area contributed by atoms with Crippen LogP contribution in [0, 0.1) is 17.3 Å². The highest BCUT2D eigenvalue weighted by Crippen LogP contribution is 2.61. The predicted octanol–water partition coefficient (Wildman–Crippen LogP) is 4.76. The number of nitrogens with one attached hydrogen (secondary N) is 1. The summed E-state index contributed by atoms with van der Waals surface area (Å²) in [6.07, 6.45) is 14.8. The van der Waals surface area contributed by atoms with Gasteiger partial charge in [-0.15, -0.1) is 0 Å². The van der Waals surface area contributed by atoms with Crippen LogP contribution in [-0.2, 0) is 0 Å². The minimum Gasteiger partial charge on any atom is -0.316 e. The van der Waals surface area contributed by atoms with Gasteiger partial charge in [0, 0.05) is 6.54 Å². The third-order valence-electron chi connectivity index (χ3n) is 5.27. The SMILES string of the molecule is CCCCCCCCC1(CNCC)CC2CC2C1. The topological polar surface area (TPSA) is 12.0 Å². The van der Waals surface area contributed by atoms with Gasteiger partial charge in [0.25, 0.3) is 0 Å². The van der Waals surface area contributed by atoms with E-state index in [1.165, 1.54) is 51.5 Å². The monoisotopic (exact) mass is 251 g/mol. The first kappa shape index (κ1) is 14.4. The van der Waals surface area contributed by atoms with Crippen LogP contribution in [0.25, 0.3) is 0 Å². The molecule has 1 heteroatoms. The van der Waals surface area contributed by atoms with Crippen LogP contribution >= 0.6 is 0 Å². The number of hydrogen-bond donors (Lipinski definition) is 1. The van der Waals surface area contributed by atoms with E-state index < -0.39 is 0 Å². The summed E-state index contributed by atoms with van der Waals surface area (Å²) < 4.78 is 0. The van der Waals surface area contributed by atoms with Crippen LogP contribution in [0.4, 0.5) is 0 Å². The number of unbranched alkanes of at least 4 members (excludes halogenated alkanes) is 5. The highest BCUT2D eigenvalue weighted by atomic mass is 14.9. The van der Waals surface area contributed by atoms with E-state index in [1.807, 2.05) is 0 Å². The molecule has 1 N–H and O–H groups in total. The summed E-state index contributed by atoms with van der Waals surface area (Å²) in [6, 6.07) is 0. The molecule has 106 valence electrons. The summed E-state index contributed by atoms with van der Waals surface area (Å²) in [6.45, 7) is 6.99. The Morgan fingerprint density at radius 1 is 0.944 bits per heavy atom. The van der Waals surface area contributed by atoms with E-state index in [9.17, 15) is 0 Å². The molecule has 0 aromatic heterocycles. The fourth-order valence-corrected chi connectivity index (χ4v) is 4.11. The van der Waals surface area contributed by atoms with Gasteiger partial charge < -0.3 is 5.32 Å². The van der Waals surface area contributed by atoms with Gasteiger partial charge in [-0.1, -0.05) is 52.4 Å². The second-order valence-electron chi connectivity index (χ2n) is 6.96. The average Bonchev–Trinajstić information content (AvgIpc) is 3.00. The molecule has 2 atom stereocenters. The van der Waals surface area contributed by atoms with Gasteiger partial charge in [-0.25, -0.2) is 0 Å². The molecule has 0 saturated heterocycles. The van der Waals surface area contributed by atoms with Crippen molar-refractivity contribution < 1.29 is 0 Å². The van der Waals surface area contributed by atoms with E-state index in [4.69, 9.17) is 0 Å². The largest absolute Gasteiger partial charge is 0.316 e. The summed E-state index contributed by atoms with van der Waals surface area (Å²) in [5.41, 5.74) is 0.703. The van der Waals surface area contributed by atoms with E-state index in [0.717, 1.165) is 18.4 Å². The standard InChI is InChI=1S/C17H33N/c1-3-5-6-7-8-9-10-17(14-18-4-2)12-15-11-16(15)13-17/h15-16,18H,3-14H2,1-2H3. The van der Waals surface area contributed by atoms with Crippen LogP contribution in [0.1, 0.15) is 78.1 Å². The predicted molar refractivity (Wildman–Crippen MR) is 79.8 cm³/mol. The normalized spacial score (nSPS) is 33.7. The maximum absolute atomic E-state index is 3.63. The molecule has 0 aromatic carbocycles. The van der Waals surface area contributed by atoms with Crippen molar-refractivity contribution in [1.82, 2.24) is 5.32 Å². The molecule has 2 unspecified atom stereocenters. The minimum absolute atomic E-state index is 0.703. The quantitative estimate of drug-likeness (QED) is 0.552. The van der Waals surface area contributed by atoms with Gasteiger partial charge in [-0.2, -0.15) is 0 Å². The summed E-state index contributed by atoms with van der Waals surface area (Å²) in [7, 11) is 0. The fourth-order valence-electron chi connectivity index (χ4n) is 4.11. The van der Waals surface area contributed by atoms with Gasteiger partial charge in [0.05, 0.1) is 0 Å². The molecule has 0 bridgehead atoms. The Kier molecular flexibility index (Phi) is 5.54. The van der Waals surface area contributed by atoms with Crippen molar-refractivity contribution >= 4 is 0 Å². The smallest absolute Gasteiger partial charge is 0.000790 e. The second kappa shape index (κ2) is 6.93. The summed E-state index contributed by atoms with van der Waals surface area (Å²) in [5.74, 6) is 2.26. The zero-order chi connectivity index (χ0) is 12.8. The lowest BCUT2D eigenvalue weighted by Gasteiger charge is -2.31. The van der Waals surface area contributed by atoms with E-state index in [-0.39, 0.29) is 0 Å². The van der Waals surface area contributed by atoms with Crippen LogP contribution < -0.4 is 5.32 Å². The molecule has 0 amide bonds.